The highest BCUT2D eigenvalue weighted by atomic mass is 32.1. The van der Waals surface area contributed by atoms with Crippen molar-refractivity contribution in [3.05, 3.63) is 0 Å². The van der Waals surface area contributed by atoms with E-state index in [1.165, 1.54) is 64.2 Å². The molecule has 1 unspecified atom stereocenters. The number of unbranched alkanes of at least 4 members (excludes halogenated alkanes) is 9. The van der Waals surface area contributed by atoms with Crippen LogP contribution in [-0.2, 0) is 15.9 Å². The molecule has 0 rings (SSSR count). The van der Waals surface area contributed by atoms with Gasteiger partial charge in [0.05, 0.1) is 0 Å². The second kappa shape index (κ2) is 19.2. The Hall–Kier alpha value is 0.160. The smallest absolute Gasteiger partial charge is 0.314 e. The molecule has 5 N–H and O–H groups in total. The number of rotatable bonds is 11. The molecule has 7 heteroatoms. The monoisotopic (exact) mass is 326 g/mol. The van der Waals surface area contributed by atoms with E-state index in [2.05, 4.69) is 6.92 Å². The van der Waals surface area contributed by atoms with Crippen molar-refractivity contribution in [2.75, 3.05) is 5.75 Å². The maximum Gasteiger partial charge on any atom is 0.314 e. The van der Waals surface area contributed by atoms with Gasteiger partial charge in [0.2, 0.25) is 11.4 Å². The molecular weight excluding hydrogens is 295 g/mol. The van der Waals surface area contributed by atoms with E-state index in [0.717, 1.165) is 5.75 Å². The molecule has 20 heavy (non-hydrogen) atoms. The van der Waals surface area contributed by atoms with Crippen LogP contribution < -0.4 is 16.4 Å². The van der Waals surface area contributed by atoms with Crippen molar-refractivity contribution in [3.8, 4) is 0 Å². The molecule has 1 atom stereocenters. The fraction of sp³-hybridized carbons (Fsp3) is 0.923. The third kappa shape index (κ3) is 30.9. The summed E-state index contributed by atoms with van der Waals surface area (Å²) in [6, 6.07) is 0. The molecule has 0 amide bonds. The van der Waals surface area contributed by atoms with Crippen molar-refractivity contribution in [2.45, 2.75) is 71.1 Å². The van der Waals surface area contributed by atoms with E-state index in [0.29, 0.717) is 5.11 Å². The maximum absolute atomic E-state index is 8.63. The molecule has 0 heterocycles. The van der Waals surface area contributed by atoms with Crippen molar-refractivity contribution in [3.63, 3.8) is 0 Å². The summed E-state index contributed by atoms with van der Waals surface area (Å²) >= 11 is 1.58. The molecule has 0 bridgehead atoms. The van der Waals surface area contributed by atoms with Gasteiger partial charge in [0.25, 0.3) is 0 Å². The van der Waals surface area contributed by atoms with Gasteiger partial charge in [-0.25, -0.2) is 11.5 Å². The van der Waals surface area contributed by atoms with Crippen LogP contribution >= 0.6 is 8.25 Å². The molecule has 0 fully saturated rings. The molecular formula is C13H31N2O3PS. The third-order valence-corrected chi connectivity index (χ3v) is 3.59. The van der Waals surface area contributed by atoms with Crippen LogP contribution in [0.3, 0.4) is 0 Å². The van der Waals surface area contributed by atoms with Gasteiger partial charge in [0.1, 0.15) is 8.25 Å². The van der Waals surface area contributed by atoms with Gasteiger partial charge >= 0.3 is 5.11 Å². The second-order valence-corrected chi connectivity index (χ2v) is 6.40. The van der Waals surface area contributed by atoms with Crippen LogP contribution in [0.15, 0.2) is 0 Å². The van der Waals surface area contributed by atoms with Crippen molar-refractivity contribution in [1.82, 2.24) is 0 Å². The van der Waals surface area contributed by atoms with Crippen LogP contribution in [0, 0.1) is 0 Å². The molecule has 0 spiro atoms. The molecule has 0 aliphatic heterocycles. The van der Waals surface area contributed by atoms with E-state index in [9.17, 15) is 0 Å². The maximum atomic E-state index is 8.63. The zero-order valence-electron chi connectivity index (χ0n) is 12.6. The number of hydrogen-bond acceptors (Lipinski definition) is 2. The van der Waals surface area contributed by atoms with Gasteiger partial charge in [-0.05, 0) is 6.42 Å². The highest BCUT2D eigenvalue weighted by molar-refractivity contribution is 7.78. The largest absolute Gasteiger partial charge is 0.781 e. The van der Waals surface area contributed by atoms with Gasteiger partial charge in [0, 0.05) is 6.42 Å². The van der Waals surface area contributed by atoms with Gasteiger partial charge in [-0.3, -0.25) is 0 Å². The quantitative estimate of drug-likeness (QED) is 0.232. The minimum Gasteiger partial charge on any atom is -0.781 e. The number of nitrogens with two attached hydrogens (primary N) is 2. The van der Waals surface area contributed by atoms with Crippen LogP contribution in [0.2, 0.25) is 0 Å². The molecule has 0 radical (unpaired) electrons. The lowest BCUT2D eigenvalue weighted by atomic mass is 10.1. The summed E-state index contributed by atoms with van der Waals surface area (Å²) in [5.41, 5.74) is 10.7. The fourth-order valence-corrected chi connectivity index (χ4v) is 2.36. The summed E-state index contributed by atoms with van der Waals surface area (Å²) in [6.07, 6.45) is 13.8. The van der Waals surface area contributed by atoms with Gasteiger partial charge in [0.15, 0.2) is 5.75 Å². The lowest BCUT2D eigenvalue weighted by Gasteiger charge is -2.00. The standard InChI is InChI=1S/C13H29N2S.H3O3P/c1-2-3-4-5-6-7-8-9-10-11-12-16-13(14)15;1-4(2)3/h2-12,14-15H2,1H3;4H,(H2,1,2,3)/q+1;/p-1. The fourth-order valence-electron chi connectivity index (χ4n) is 1.78. The van der Waals surface area contributed by atoms with Crippen LogP contribution in [0.1, 0.15) is 71.1 Å². The van der Waals surface area contributed by atoms with E-state index < -0.39 is 8.25 Å². The summed E-state index contributed by atoms with van der Waals surface area (Å²) in [5.74, 6) is 1.08. The molecule has 0 aliphatic rings. The average molecular weight is 326 g/mol. The van der Waals surface area contributed by atoms with E-state index in [1.54, 1.807) is 11.4 Å². The Kier molecular flexibility index (Phi) is 21.5. The topological polar surface area (TPSA) is 112 Å². The number of hydrogen-bond donors (Lipinski definition) is 3. The Labute approximate surface area is 128 Å². The van der Waals surface area contributed by atoms with Gasteiger partial charge in [-0.2, -0.15) is 0 Å². The normalized spacial score (nSPS) is 11.4. The van der Waals surface area contributed by atoms with Crippen LogP contribution in [0.25, 0.3) is 0 Å². The molecule has 122 valence electrons. The predicted octanol–water partition coefficient (Wildman–Crippen LogP) is 1.72. The summed E-state index contributed by atoms with van der Waals surface area (Å²) < 4.78 is 8.63. The highest BCUT2D eigenvalue weighted by Crippen LogP contribution is 2.10. The summed E-state index contributed by atoms with van der Waals surface area (Å²) in [4.78, 5) is 15.7. The zero-order chi connectivity index (χ0) is 15.6. The molecule has 0 aliphatic carbocycles. The first-order chi connectivity index (χ1) is 9.50. The van der Waals surface area contributed by atoms with E-state index in [-0.39, 0.29) is 0 Å². The third-order valence-electron chi connectivity index (χ3n) is 2.77. The average Bonchev–Trinajstić information content (AvgIpc) is 2.35. The molecule has 5 nitrogen and oxygen atoms in total. The first kappa shape index (κ1) is 22.4. The lowest BCUT2D eigenvalue weighted by molar-refractivity contribution is -0.180. The highest BCUT2D eigenvalue weighted by Gasteiger charge is 1.98. The second-order valence-electron chi connectivity index (χ2n) is 4.70. The van der Waals surface area contributed by atoms with Crippen molar-refractivity contribution >= 4 is 24.7 Å². The van der Waals surface area contributed by atoms with Gasteiger partial charge in [-0.1, -0.05) is 58.3 Å². The Morgan fingerprint density at radius 3 is 1.70 bits per heavy atom. The molecule has 0 aromatic carbocycles. The molecule has 0 aromatic heterocycles. The zero-order valence-corrected chi connectivity index (χ0v) is 14.4. The molecule has 0 saturated heterocycles. The van der Waals surface area contributed by atoms with Crippen LogP contribution in [0.4, 0.5) is 0 Å². The first-order valence-corrected chi connectivity index (χ1v) is 9.66. The summed E-state index contributed by atoms with van der Waals surface area (Å²) in [7, 11) is -3.38. The van der Waals surface area contributed by atoms with Crippen molar-refractivity contribution in [2.24, 2.45) is 11.5 Å². The van der Waals surface area contributed by atoms with Crippen molar-refractivity contribution in [1.29, 1.82) is 0 Å². The Balaban J connectivity index is 0. The first-order valence-electron chi connectivity index (χ1n) is 7.41. The Bertz CT molecular complexity index is 246. The van der Waals surface area contributed by atoms with Crippen LogP contribution in [-0.4, -0.2) is 15.8 Å². The molecule has 0 saturated carbocycles. The van der Waals surface area contributed by atoms with E-state index in [1.807, 2.05) is 0 Å². The van der Waals surface area contributed by atoms with Crippen molar-refractivity contribution < 1.29 is 14.4 Å². The summed E-state index contributed by atoms with van der Waals surface area (Å²) in [5, 5.41) is 0.510. The Morgan fingerprint density at radius 2 is 1.35 bits per heavy atom. The minimum atomic E-state index is -3.38. The Morgan fingerprint density at radius 1 is 1.00 bits per heavy atom. The SMILES string of the molecule is CCCCCCCCCCCC[S+]=C(N)N.O=[PH]([O-])O. The predicted molar refractivity (Wildman–Crippen MR) is 88.7 cm³/mol. The van der Waals surface area contributed by atoms with Gasteiger partial charge < -0.3 is 14.4 Å². The minimum absolute atomic E-state index is 0.510. The van der Waals surface area contributed by atoms with Crippen LogP contribution in [0.5, 0.6) is 0 Å². The molecule has 0 aromatic rings. The lowest BCUT2D eigenvalue weighted by Crippen LogP contribution is -2.24. The van der Waals surface area contributed by atoms with E-state index in [4.69, 9.17) is 25.8 Å². The van der Waals surface area contributed by atoms with E-state index >= 15 is 0 Å². The summed E-state index contributed by atoms with van der Waals surface area (Å²) in [6.45, 7) is 2.27. The van der Waals surface area contributed by atoms with Gasteiger partial charge in [-0.15, -0.1) is 0 Å².